The van der Waals surface area contributed by atoms with E-state index in [0.29, 0.717) is 16.8 Å². The molecule has 1 heterocycles. The Kier molecular flexibility index (Phi) is 4.24. The fourth-order valence-electron chi connectivity index (χ4n) is 1.78. The maximum absolute atomic E-state index is 12.6. The molecule has 3 nitrogen and oxygen atoms in total. The first kappa shape index (κ1) is 14.3. The third-order valence-electron chi connectivity index (χ3n) is 2.82. The maximum Gasteiger partial charge on any atom is 0.416 e. The summed E-state index contributed by atoms with van der Waals surface area (Å²) in [4.78, 5) is 3.91. The summed E-state index contributed by atoms with van der Waals surface area (Å²) in [5.41, 5.74) is 1.08. The number of halogens is 3. The van der Waals surface area contributed by atoms with Crippen LogP contribution in [0.1, 0.15) is 16.7 Å². The molecule has 2 N–H and O–H groups in total. The van der Waals surface area contributed by atoms with Gasteiger partial charge in [-0.3, -0.25) is 4.98 Å². The van der Waals surface area contributed by atoms with Crippen LogP contribution in [0.4, 0.5) is 18.9 Å². The van der Waals surface area contributed by atoms with Gasteiger partial charge in [0.15, 0.2) is 0 Å². The van der Waals surface area contributed by atoms with Crippen molar-refractivity contribution in [3.05, 3.63) is 59.4 Å². The van der Waals surface area contributed by atoms with E-state index in [1.54, 1.807) is 18.3 Å². The van der Waals surface area contributed by atoms with Gasteiger partial charge in [-0.25, -0.2) is 0 Å². The second-order valence-corrected chi connectivity index (χ2v) is 4.24. The Morgan fingerprint density at radius 1 is 1.20 bits per heavy atom. The smallest absolute Gasteiger partial charge is 0.392 e. The molecule has 0 spiro atoms. The van der Waals surface area contributed by atoms with Crippen molar-refractivity contribution in [1.82, 2.24) is 4.98 Å². The summed E-state index contributed by atoms with van der Waals surface area (Å²) < 4.78 is 37.8. The van der Waals surface area contributed by atoms with E-state index in [1.165, 1.54) is 12.3 Å². The molecule has 0 unspecified atom stereocenters. The normalized spacial score (nSPS) is 11.4. The van der Waals surface area contributed by atoms with E-state index in [1.807, 2.05) is 0 Å². The van der Waals surface area contributed by atoms with Crippen molar-refractivity contribution in [3.8, 4) is 0 Å². The van der Waals surface area contributed by atoms with Crippen LogP contribution in [-0.2, 0) is 19.3 Å². The molecule has 0 aliphatic carbocycles. The zero-order chi connectivity index (χ0) is 14.6. The van der Waals surface area contributed by atoms with E-state index in [4.69, 9.17) is 5.11 Å². The summed E-state index contributed by atoms with van der Waals surface area (Å²) in [5.74, 6) is 0. The Balaban J connectivity index is 2.11. The number of nitrogens with zero attached hydrogens (tertiary/aromatic N) is 1. The van der Waals surface area contributed by atoms with E-state index < -0.39 is 11.7 Å². The highest BCUT2D eigenvalue weighted by Crippen LogP contribution is 2.29. The van der Waals surface area contributed by atoms with Crippen molar-refractivity contribution in [3.63, 3.8) is 0 Å². The predicted octanol–water partition coefficient (Wildman–Crippen LogP) is 3.20. The Morgan fingerprint density at radius 2 is 2.00 bits per heavy atom. The highest BCUT2D eigenvalue weighted by Gasteiger charge is 2.30. The van der Waals surface area contributed by atoms with Crippen LogP contribution in [0, 0.1) is 0 Å². The van der Waals surface area contributed by atoms with Crippen LogP contribution in [0.2, 0.25) is 0 Å². The van der Waals surface area contributed by atoms with E-state index in [9.17, 15) is 13.2 Å². The molecule has 0 atom stereocenters. The van der Waals surface area contributed by atoms with Gasteiger partial charge in [0.1, 0.15) is 0 Å². The number of aliphatic hydroxyl groups excluding tert-OH is 1. The first-order valence-electron chi connectivity index (χ1n) is 5.94. The number of hydrogen-bond donors (Lipinski definition) is 2. The monoisotopic (exact) mass is 282 g/mol. The van der Waals surface area contributed by atoms with Crippen LogP contribution in [0.25, 0.3) is 0 Å². The van der Waals surface area contributed by atoms with Crippen LogP contribution in [0.3, 0.4) is 0 Å². The molecule has 2 aromatic rings. The Bertz CT molecular complexity index is 585. The molecule has 1 aromatic heterocycles. The van der Waals surface area contributed by atoms with Gasteiger partial charge in [0, 0.05) is 18.3 Å². The van der Waals surface area contributed by atoms with Crippen LogP contribution in [0.15, 0.2) is 42.7 Å². The molecule has 0 radical (unpaired) electrons. The molecule has 20 heavy (non-hydrogen) atoms. The maximum atomic E-state index is 12.6. The number of benzene rings is 1. The SMILES string of the molecule is OCc1ccncc1NCc1cccc(C(F)(F)F)c1. The first-order chi connectivity index (χ1) is 9.50. The summed E-state index contributed by atoms with van der Waals surface area (Å²) in [6, 6.07) is 6.76. The average Bonchev–Trinajstić information content (AvgIpc) is 2.45. The lowest BCUT2D eigenvalue weighted by atomic mass is 10.1. The number of alkyl halides is 3. The van der Waals surface area contributed by atoms with E-state index in [-0.39, 0.29) is 13.2 Å². The molecule has 0 aliphatic rings. The second kappa shape index (κ2) is 5.92. The van der Waals surface area contributed by atoms with Crippen LogP contribution < -0.4 is 5.32 Å². The van der Waals surface area contributed by atoms with Gasteiger partial charge in [0.25, 0.3) is 0 Å². The average molecular weight is 282 g/mol. The number of pyridine rings is 1. The van der Waals surface area contributed by atoms with Gasteiger partial charge in [-0.15, -0.1) is 0 Å². The highest BCUT2D eigenvalue weighted by molar-refractivity contribution is 5.49. The molecule has 2 rings (SSSR count). The lowest BCUT2D eigenvalue weighted by molar-refractivity contribution is -0.137. The minimum absolute atomic E-state index is 0.159. The predicted molar refractivity (Wildman–Crippen MR) is 68.9 cm³/mol. The highest BCUT2D eigenvalue weighted by atomic mass is 19.4. The largest absolute Gasteiger partial charge is 0.416 e. The summed E-state index contributed by atoms with van der Waals surface area (Å²) in [6.45, 7) is 0.0655. The molecule has 0 fully saturated rings. The summed E-state index contributed by atoms with van der Waals surface area (Å²) in [6.07, 6.45) is -1.28. The van der Waals surface area contributed by atoms with Gasteiger partial charge in [0.05, 0.1) is 24.1 Å². The van der Waals surface area contributed by atoms with Crippen LogP contribution in [-0.4, -0.2) is 10.1 Å². The van der Waals surface area contributed by atoms with E-state index >= 15 is 0 Å². The van der Waals surface area contributed by atoms with Crippen molar-refractivity contribution in [2.75, 3.05) is 5.32 Å². The molecular formula is C14H13F3N2O. The van der Waals surface area contributed by atoms with Crippen LogP contribution in [0.5, 0.6) is 0 Å². The minimum Gasteiger partial charge on any atom is -0.392 e. The molecule has 1 aromatic carbocycles. The van der Waals surface area contributed by atoms with Gasteiger partial charge >= 0.3 is 6.18 Å². The molecule has 0 saturated carbocycles. The Morgan fingerprint density at radius 3 is 2.70 bits per heavy atom. The van der Waals surface area contributed by atoms with Crippen molar-refractivity contribution in [2.24, 2.45) is 0 Å². The van der Waals surface area contributed by atoms with Gasteiger partial charge in [-0.1, -0.05) is 12.1 Å². The molecule has 0 amide bonds. The third-order valence-corrected chi connectivity index (χ3v) is 2.82. The van der Waals surface area contributed by atoms with Crippen molar-refractivity contribution >= 4 is 5.69 Å². The number of aliphatic hydroxyl groups is 1. The number of aromatic nitrogens is 1. The van der Waals surface area contributed by atoms with Crippen molar-refractivity contribution in [1.29, 1.82) is 0 Å². The first-order valence-corrected chi connectivity index (χ1v) is 5.94. The lowest BCUT2D eigenvalue weighted by Gasteiger charge is -2.12. The zero-order valence-electron chi connectivity index (χ0n) is 10.5. The number of anilines is 1. The number of nitrogens with one attached hydrogen (secondary N) is 1. The van der Waals surface area contributed by atoms with Crippen molar-refractivity contribution in [2.45, 2.75) is 19.3 Å². The van der Waals surface area contributed by atoms with Gasteiger partial charge in [-0.2, -0.15) is 13.2 Å². The van der Waals surface area contributed by atoms with Crippen LogP contribution >= 0.6 is 0 Å². The Hall–Kier alpha value is -2.08. The number of hydrogen-bond acceptors (Lipinski definition) is 3. The summed E-state index contributed by atoms with van der Waals surface area (Å²) in [7, 11) is 0. The Labute approximate surface area is 114 Å². The molecule has 106 valence electrons. The molecule has 0 saturated heterocycles. The topological polar surface area (TPSA) is 45.2 Å². The van der Waals surface area contributed by atoms with Gasteiger partial charge in [0.2, 0.25) is 0 Å². The van der Waals surface area contributed by atoms with Gasteiger partial charge in [-0.05, 0) is 23.8 Å². The summed E-state index contributed by atoms with van der Waals surface area (Å²) >= 11 is 0. The standard InChI is InChI=1S/C14H13F3N2O/c15-14(16,17)12-3-1-2-10(6-12)7-19-13-8-18-5-4-11(13)9-20/h1-6,8,19-20H,7,9H2. The van der Waals surface area contributed by atoms with Gasteiger partial charge < -0.3 is 10.4 Å². The second-order valence-electron chi connectivity index (χ2n) is 4.24. The third kappa shape index (κ3) is 3.48. The quantitative estimate of drug-likeness (QED) is 0.905. The lowest BCUT2D eigenvalue weighted by Crippen LogP contribution is -2.07. The zero-order valence-corrected chi connectivity index (χ0v) is 10.5. The molecule has 6 heteroatoms. The summed E-state index contributed by atoms with van der Waals surface area (Å²) in [5, 5.41) is 12.1. The molecule has 0 bridgehead atoms. The number of rotatable bonds is 4. The molecule has 0 aliphatic heterocycles. The van der Waals surface area contributed by atoms with Crippen molar-refractivity contribution < 1.29 is 18.3 Å². The minimum atomic E-state index is -4.35. The fraction of sp³-hybridized carbons (Fsp3) is 0.214. The van der Waals surface area contributed by atoms with E-state index in [2.05, 4.69) is 10.3 Å². The fourth-order valence-corrected chi connectivity index (χ4v) is 1.78. The van der Waals surface area contributed by atoms with E-state index in [0.717, 1.165) is 12.1 Å². The molecular weight excluding hydrogens is 269 g/mol.